The fraction of sp³-hybridized carbons (Fsp3) is 0.300. The molecule has 0 heterocycles. The summed E-state index contributed by atoms with van der Waals surface area (Å²) >= 11 is 0. The van der Waals surface area contributed by atoms with Crippen molar-refractivity contribution in [2.75, 3.05) is 7.11 Å². The molecule has 0 unspecified atom stereocenters. The number of methoxy groups -OCH3 is 1. The van der Waals surface area contributed by atoms with Gasteiger partial charge in [0.1, 0.15) is 5.75 Å². The summed E-state index contributed by atoms with van der Waals surface area (Å²) in [6.45, 7) is 0. The van der Waals surface area contributed by atoms with Gasteiger partial charge in [0.25, 0.3) is 5.91 Å². The number of halogens is 6. The van der Waals surface area contributed by atoms with Crippen LogP contribution < -0.4 is 10.5 Å². The largest absolute Gasteiger partial charge is 0.496 e. The molecule has 3 nitrogen and oxygen atoms in total. The van der Waals surface area contributed by atoms with Crippen molar-refractivity contribution in [1.29, 1.82) is 0 Å². The Kier molecular flexibility index (Phi) is 3.69. The second-order valence-electron chi connectivity index (χ2n) is 3.46. The van der Waals surface area contributed by atoms with Crippen LogP contribution >= 0.6 is 0 Å². The van der Waals surface area contributed by atoms with Crippen molar-refractivity contribution >= 4 is 5.91 Å². The van der Waals surface area contributed by atoms with E-state index in [4.69, 9.17) is 5.73 Å². The number of hydrogen-bond acceptors (Lipinski definition) is 2. The number of primary amides is 1. The molecule has 19 heavy (non-hydrogen) atoms. The van der Waals surface area contributed by atoms with Crippen molar-refractivity contribution < 1.29 is 35.9 Å². The Labute approximate surface area is 102 Å². The van der Waals surface area contributed by atoms with E-state index >= 15 is 0 Å². The zero-order chi connectivity index (χ0) is 15.0. The SMILES string of the molecule is COc1cc(C(F)(F)F)c(C(F)(F)F)cc1C(N)=O. The van der Waals surface area contributed by atoms with Gasteiger partial charge in [-0.1, -0.05) is 0 Å². The molecule has 0 fully saturated rings. The predicted molar refractivity (Wildman–Crippen MR) is 51.5 cm³/mol. The third-order valence-electron chi connectivity index (χ3n) is 2.22. The summed E-state index contributed by atoms with van der Waals surface area (Å²) < 4.78 is 79.8. The molecule has 0 saturated heterocycles. The molecular formula is C10H7F6NO2. The molecule has 0 spiro atoms. The van der Waals surface area contributed by atoms with E-state index in [1.54, 1.807) is 0 Å². The first kappa shape index (κ1) is 15.1. The second kappa shape index (κ2) is 4.63. The molecule has 1 aromatic carbocycles. The van der Waals surface area contributed by atoms with Gasteiger partial charge in [0.15, 0.2) is 0 Å². The van der Waals surface area contributed by atoms with E-state index in [0.29, 0.717) is 0 Å². The van der Waals surface area contributed by atoms with Gasteiger partial charge in [-0.05, 0) is 12.1 Å². The van der Waals surface area contributed by atoms with E-state index in [-0.39, 0.29) is 12.1 Å². The zero-order valence-corrected chi connectivity index (χ0v) is 9.32. The van der Waals surface area contributed by atoms with Crippen LogP contribution in [0.15, 0.2) is 12.1 Å². The fourth-order valence-corrected chi connectivity index (χ4v) is 1.41. The van der Waals surface area contributed by atoms with Gasteiger partial charge >= 0.3 is 12.4 Å². The lowest BCUT2D eigenvalue weighted by molar-refractivity contribution is -0.162. The van der Waals surface area contributed by atoms with Gasteiger partial charge in [-0.25, -0.2) is 0 Å². The highest BCUT2D eigenvalue weighted by molar-refractivity contribution is 5.96. The Morgan fingerprint density at radius 1 is 1.05 bits per heavy atom. The minimum atomic E-state index is -5.28. The maximum atomic E-state index is 12.6. The first-order valence-corrected chi connectivity index (χ1v) is 4.64. The summed E-state index contributed by atoms with van der Waals surface area (Å²) in [4.78, 5) is 10.9. The monoisotopic (exact) mass is 287 g/mol. The van der Waals surface area contributed by atoms with E-state index in [9.17, 15) is 31.1 Å². The van der Waals surface area contributed by atoms with Crippen LogP contribution in [-0.4, -0.2) is 13.0 Å². The van der Waals surface area contributed by atoms with Crippen molar-refractivity contribution in [3.05, 3.63) is 28.8 Å². The maximum absolute atomic E-state index is 12.6. The highest BCUT2D eigenvalue weighted by Crippen LogP contribution is 2.42. The number of carbonyl (C=O) groups is 1. The molecule has 0 radical (unpaired) electrons. The van der Waals surface area contributed by atoms with Gasteiger partial charge in [0.2, 0.25) is 0 Å². The van der Waals surface area contributed by atoms with Crippen LogP contribution in [0.25, 0.3) is 0 Å². The molecule has 106 valence electrons. The number of amides is 1. The Balaban J connectivity index is 3.68. The third kappa shape index (κ3) is 3.09. The maximum Gasteiger partial charge on any atom is 0.417 e. The quantitative estimate of drug-likeness (QED) is 0.850. The molecule has 1 rings (SSSR count). The Bertz CT molecular complexity index is 506. The second-order valence-corrected chi connectivity index (χ2v) is 3.46. The van der Waals surface area contributed by atoms with Crippen LogP contribution in [0.1, 0.15) is 21.5 Å². The first-order valence-electron chi connectivity index (χ1n) is 4.64. The van der Waals surface area contributed by atoms with E-state index < -0.39 is 40.7 Å². The minimum absolute atomic E-state index is 0.0317. The number of ether oxygens (including phenoxy) is 1. The summed E-state index contributed by atoms with van der Waals surface area (Å²) in [6, 6.07) is 0.132. The Morgan fingerprint density at radius 3 is 1.79 bits per heavy atom. The molecule has 0 bridgehead atoms. The fourth-order valence-electron chi connectivity index (χ4n) is 1.41. The summed E-state index contributed by atoms with van der Waals surface area (Å²) in [7, 11) is 0.912. The molecule has 0 aliphatic rings. The average molecular weight is 287 g/mol. The van der Waals surface area contributed by atoms with E-state index in [0.717, 1.165) is 7.11 Å². The molecule has 9 heteroatoms. The normalized spacial score (nSPS) is 12.4. The molecule has 0 aliphatic heterocycles. The number of nitrogens with two attached hydrogens (primary N) is 1. The molecule has 0 saturated carbocycles. The van der Waals surface area contributed by atoms with Crippen molar-refractivity contribution in [2.45, 2.75) is 12.4 Å². The van der Waals surface area contributed by atoms with E-state index in [2.05, 4.69) is 4.74 Å². The smallest absolute Gasteiger partial charge is 0.417 e. The number of benzene rings is 1. The molecule has 1 amide bonds. The van der Waals surface area contributed by atoms with Crippen LogP contribution in [-0.2, 0) is 12.4 Å². The van der Waals surface area contributed by atoms with Gasteiger partial charge in [-0.2, -0.15) is 26.3 Å². The Hall–Kier alpha value is -1.93. The lowest BCUT2D eigenvalue weighted by Crippen LogP contribution is -2.20. The molecular weight excluding hydrogens is 280 g/mol. The van der Waals surface area contributed by atoms with Crippen LogP contribution in [0, 0.1) is 0 Å². The van der Waals surface area contributed by atoms with Crippen LogP contribution in [0.2, 0.25) is 0 Å². The number of carbonyl (C=O) groups excluding carboxylic acids is 1. The van der Waals surface area contributed by atoms with Crippen molar-refractivity contribution in [3.8, 4) is 5.75 Å². The topological polar surface area (TPSA) is 52.3 Å². The highest BCUT2D eigenvalue weighted by Gasteiger charge is 2.44. The molecule has 1 aromatic rings. The van der Waals surface area contributed by atoms with Crippen LogP contribution in [0.4, 0.5) is 26.3 Å². The summed E-state index contributed by atoms with van der Waals surface area (Å²) in [5.41, 5.74) is 0.0849. The Morgan fingerprint density at radius 2 is 1.47 bits per heavy atom. The van der Waals surface area contributed by atoms with Gasteiger partial charge < -0.3 is 10.5 Å². The van der Waals surface area contributed by atoms with Gasteiger partial charge in [0, 0.05) is 0 Å². The average Bonchev–Trinajstić information content (AvgIpc) is 2.24. The standard InChI is InChI=1S/C10H7F6NO2/c1-19-7-3-6(10(14,15)16)5(9(11,12)13)2-4(7)8(17)18/h2-3H,1H3,(H2,17,18). The number of alkyl halides is 6. The van der Waals surface area contributed by atoms with Gasteiger partial charge in [0.05, 0.1) is 23.8 Å². The lowest BCUT2D eigenvalue weighted by Gasteiger charge is -2.18. The first-order chi connectivity index (χ1) is 8.48. The van der Waals surface area contributed by atoms with Gasteiger partial charge in [-0.15, -0.1) is 0 Å². The van der Waals surface area contributed by atoms with Crippen molar-refractivity contribution in [3.63, 3.8) is 0 Å². The molecule has 0 aromatic heterocycles. The predicted octanol–water partition coefficient (Wildman–Crippen LogP) is 2.83. The molecule has 0 atom stereocenters. The van der Waals surface area contributed by atoms with Crippen molar-refractivity contribution in [2.24, 2.45) is 5.73 Å². The summed E-state index contributed by atoms with van der Waals surface area (Å²) in [5, 5.41) is 0. The zero-order valence-electron chi connectivity index (χ0n) is 9.32. The highest BCUT2D eigenvalue weighted by atomic mass is 19.4. The molecule has 0 aliphatic carbocycles. The van der Waals surface area contributed by atoms with Crippen molar-refractivity contribution in [1.82, 2.24) is 0 Å². The summed E-state index contributed by atoms with van der Waals surface area (Å²) in [6.07, 6.45) is -10.5. The van der Waals surface area contributed by atoms with Crippen LogP contribution in [0.5, 0.6) is 5.75 Å². The van der Waals surface area contributed by atoms with E-state index in [1.165, 1.54) is 0 Å². The van der Waals surface area contributed by atoms with E-state index in [1.807, 2.05) is 0 Å². The minimum Gasteiger partial charge on any atom is -0.496 e. The lowest BCUT2D eigenvalue weighted by atomic mass is 10.0. The van der Waals surface area contributed by atoms with Gasteiger partial charge in [-0.3, -0.25) is 4.79 Å². The van der Waals surface area contributed by atoms with Crippen LogP contribution in [0.3, 0.4) is 0 Å². The number of rotatable bonds is 2. The molecule has 2 N–H and O–H groups in total. The number of hydrogen-bond donors (Lipinski definition) is 1. The summed E-state index contributed by atoms with van der Waals surface area (Å²) in [5.74, 6) is -2.00. The third-order valence-corrected chi connectivity index (χ3v) is 2.22.